The molecule has 3 atom stereocenters. The van der Waals surface area contributed by atoms with Gasteiger partial charge in [-0.15, -0.1) is 0 Å². The molecule has 0 saturated carbocycles. The fourth-order valence-corrected chi connectivity index (χ4v) is 3.28. The molecule has 1 aromatic carbocycles. The van der Waals surface area contributed by atoms with Gasteiger partial charge in [0, 0.05) is 27.7 Å². The molecular weight excluding hydrogens is 304 g/mol. The second kappa shape index (κ2) is 6.91. The van der Waals surface area contributed by atoms with Gasteiger partial charge in [0.2, 0.25) is 0 Å². The number of hydrogen-bond acceptors (Lipinski definition) is 4. The number of likely N-dealkylation sites (N-methyl/N-ethyl adjacent to an activating group) is 1. The van der Waals surface area contributed by atoms with Crippen molar-refractivity contribution in [2.24, 2.45) is 7.05 Å². The number of nitrogens with one attached hydrogen (secondary N) is 1. The number of imidazole rings is 1. The summed E-state index contributed by atoms with van der Waals surface area (Å²) in [5.74, 6) is 1.07. The molecule has 3 rings (SSSR count). The first-order valence-electron chi connectivity index (χ1n) is 8.48. The average Bonchev–Trinajstić information content (AvgIpc) is 3.17. The number of benzene rings is 1. The predicted octanol–water partition coefficient (Wildman–Crippen LogP) is 1.86. The van der Waals surface area contributed by atoms with Crippen LogP contribution in [0.2, 0.25) is 0 Å². The summed E-state index contributed by atoms with van der Waals surface area (Å²) in [6, 6.07) is 8.26. The highest BCUT2D eigenvalue weighted by Crippen LogP contribution is 2.22. The third kappa shape index (κ3) is 3.30. The normalized spacial score (nSPS) is 22.0. The summed E-state index contributed by atoms with van der Waals surface area (Å²) in [7, 11) is 5.58. The monoisotopic (exact) mass is 330 g/mol. The molecule has 6 nitrogen and oxygen atoms in total. The van der Waals surface area contributed by atoms with Gasteiger partial charge in [0.1, 0.15) is 11.9 Å². The second-order valence-corrected chi connectivity index (χ2v) is 6.70. The molecule has 6 heteroatoms. The summed E-state index contributed by atoms with van der Waals surface area (Å²) in [5.41, 5.74) is 2.15. The molecule has 24 heavy (non-hydrogen) atoms. The molecule has 1 fully saturated rings. The minimum Gasteiger partial charge on any atom is -0.364 e. The van der Waals surface area contributed by atoms with Crippen molar-refractivity contribution < 1.29 is 9.53 Å². The fraction of sp³-hybridized carbons (Fsp3) is 0.556. The Morgan fingerprint density at radius 3 is 2.88 bits per heavy atom. The Balaban J connectivity index is 1.59. The number of rotatable bonds is 5. The lowest BCUT2D eigenvalue weighted by Gasteiger charge is -2.19. The van der Waals surface area contributed by atoms with Crippen molar-refractivity contribution >= 4 is 16.9 Å². The number of carbonyl (C=O) groups excluding carboxylic acids is 1. The fourth-order valence-electron chi connectivity index (χ4n) is 3.28. The van der Waals surface area contributed by atoms with Gasteiger partial charge in [-0.2, -0.15) is 0 Å². The Labute approximate surface area is 142 Å². The predicted molar refractivity (Wildman–Crippen MR) is 93.7 cm³/mol. The highest BCUT2D eigenvalue weighted by Gasteiger charge is 2.31. The topological polar surface area (TPSA) is 59.4 Å². The molecular formula is C18H26N4O2. The van der Waals surface area contributed by atoms with Crippen LogP contribution >= 0.6 is 0 Å². The standard InChI is InChI=1S/C18H26N4O2/c1-12(17-20-14-7-5-6-8-15(14)22(17)4)19-11-13-9-10-16(24-13)18(23)21(2)3/h5-8,12-13,16,19H,9-11H2,1-4H3/t12-,13+,16+/m0/s1. The molecule has 1 saturated heterocycles. The van der Waals surface area contributed by atoms with E-state index in [2.05, 4.69) is 22.9 Å². The summed E-state index contributed by atoms with van der Waals surface area (Å²) in [4.78, 5) is 18.3. The van der Waals surface area contributed by atoms with E-state index < -0.39 is 0 Å². The lowest BCUT2D eigenvalue weighted by atomic mass is 10.1. The van der Waals surface area contributed by atoms with Gasteiger partial charge in [0.15, 0.2) is 0 Å². The molecule has 0 unspecified atom stereocenters. The van der Waals surface area contributed by atoms with Crippen molar-refractivity contribution in [1.29, 1.82) is 0 Å². The number of amides is 1. The van der Waals surface area contributed by atoms with Gasteiger partial charge in [0.05, 0.1) is 23.2 Å². The Morgan fingerprint density at radius 1 is 1.42 bits per heavy atom. The highest BCUT2D eigenvalue weighted by molar-refractivity contribution is 5.80. The Morgan fingerprint density at radius 2 is 2.17 bits per heavy atom. The lowest BCUT2D eigenvalue weighted by Crippen LogP contribution is -2.35. The number of carbonyl (C=O) groups is 1. The second-order valence-electron chi connectivity index (χ2n) is 6.70. The Kier molecular flexibility index (Phi) is 4.87. The third-order valence-corrected chi connectivity index (χ3v) is 4.68. The van der Waals surface area contributed by atoms with Crippen LogP contribution in [0.1, 0.15) is 31.6 Å². The first kappa shape index (κ1) is 16.9. The number of ether oxygens (including phenoxy) is 1. The van der Waals surface area contributed by atoms with Crippen LogP contribution in [0, 0.1) is 0 Å². The summed E-state index contributed by atoms with van der Waals surface area (Å²) in [5, 5.41) is 3.50. The van der Waals surface area contributed by atoms with Crippen LogP contribution in [-0.2, 0) is 16.6 Å². The number of hydrogen-bond donors (Lipinski definition) is 1. The zero-order valence-corrected chi connectivity index (χ0v) is 14.8. The zero-order valence-electron chi connectivity index (χ0n) is 14.8. The van der Waals surface area contributed by atoms with Crippen LogP contribution in [0.3, 0.4) is 0 Å². The molecule has 0 spiro atoms. The molecule has 1 aliphatic heterocycles. The summed E-state index contributed by atoms with van der Waals surface area (Å²) in [6.07, 6.45) is 1.49. The van der Waals surface area contributed by atoms with E-state index in [1.54, 1.807) is 19.0 Å². The molecule has 2 heterocycles. The van der Waals surface area contributed by atoms with E-state index in [0.717, 1.165) is 36.2 Å². The minimum absolute atomic E-state index is 0.0564. The van der Waals surface area contributed by atoms with Gasteiger partial charge in [-0.25, -0.2) is 4.98 Å². The van der Waals surface area contributed by atoms with E-state index in [1.165, 1.54) is 0 Å². The van der Waals surface area contributed by atoms with Crippen LogP contribution in [0.15, 0.2) is 24.3 Å². The Hall–Kier alpha value is -1.92. The number of aromatic nitrogens is 2. The third-order valence-electron chi connectivity index (χ3n) is 4.68. The molecule has 1 N–H and O–H groups in total. The van der Waals surface area contributed by atoms with Crippen LogP contribution in [0.4, 0.5) is 0 Å². The number of aryl methyl sites for hydroxylation is 1. The van der Waals surface area contributed by atoms with Gasteiger partial charge < -0.3 is 19.5 Å². The van der Waals surface area contributed by atoms with Gasteiger partial charge in [0.25, 0.3) is 5.91 Å². The maximum absolute atomic E-state index is 12.0. The van der Waals surface area contributed by atoms with E-state index in [1.807, 2.05) is 25.2 Å². The number of nitrogens with zero attached hydrogens (tertiary/aromatic N) is 3. The zero-order chi connectivity index (χ0) is 17.3. The smallest absolute Gasteiger partial charge is 0.251 e. The molecule has 0 aliphatic carbocycles. The van der Waals surface area contributed by atoms with E-state index in [0.29, 0.717) is 0 Å². The van der Waals surface area contributed by atoms with Crippen molar-refractivity contribution in [3.8, 4) is 0 Å². The molecule has 0 bridgehead atoms. The molecule has 1 aliphatic rings. The van der Waals surface area contributed by atoms with Crippen LogP contribution in [0.5, 0.6) is 0 Å². The van der Waals surface area contributed by atoms with Gasteiger partial charge in [-0.3, -0.25) is 4.79 Å². The number of para-hydroxylation sites is 2. The van der Waals surface area contributed by atoms with E-state index >= 15 is 0 Å². The van der Waals surface area contributed by atoms with Gasteiger partial charge in [-0.1, -0.05) is 12.1 Å². The van der Waals surface area contributed by atoms with Crippen molar-refractivity contribution in [1.82, 2.24) is 19.8 Å². The van der Waals surface area contributed by atoms with Crippen molar-refractivity contribution in [3.05, 3.63) is 30.1 Å². The number of fused-ring (bicyclic) bond motifs is 1. The van der Waals surface area contributed by atoms with Crippen LogP contribution in [0.25, 0.3) is 11.0 Å². The van der Waals surface area contributed by atoms with Crippen molar-refractivity contribution in [2.45, 2.75) is 38.0 Å². The first-order chi connectivity index (χ1) is 11.5. The maximum Gasteiger partial charge on any atom is 0.251 e. The largest absolute Gasteiger partial charge is 0.364 e. The van der Waals surface area contributed by atoms with Gasteiger partial charge >= 0.3 is 0 Å². The highest BCUT2D eigenvalue weighted by atomic mass is 16.5. The van der Waals surface area contributed by atoms with Gasteiger partial charge in [-0.05, 0) is 31.9 Å². The summed E-state index contributed by atoms with van der Waals surface area (Å²) >= 11 is 0. The maximum atomic E-state index is 12.0. The molecule has 2 aromatic rings. The Bertz CT molecular complexity index is 725. The first-order valence-corrected chi connectivity index (χ1v) is 8.48. The van der Waals surface area contributed by atoms with Crippen molar-refractivity contribution in [3.63, 3.8) is 0 Å². The van der Waals surface area contributed by atoms with Crippen molar-refractivity contribution in [2.75, 3.05) is 20.6 Å². The minimum atomic E-state index is -0.294. The molecule has 1 amide bonds. The molecule has 0 radical (unpaired) electrons. The summed E-state index contributed by atoms with van der Waals surface area (Å²) in [6.45, 7) is 2.83. The van der Waals surface area contributed by atoms with Crippen LogP contribution in [-0.4, -0.2) is 53.2 Å². The van der Waals surface area contributed by atoms with E-state index in [9.17, 15) is 4.79 Å². The van der Waals surface area contributed by atoms with Crippen LogP contribution < -0.4 is 5.32 Å². The SMILES string of the molecule is C[C@H](NC[C@H]1CC[C@H](C(=O)N(C)C)O1)c1nc2ccccc2n1C. The molecule has 130 valence electrons. The summed E-state index contributed by atoms with van der Waals surface area (Å²) < 4.78 is 8.00. The molecule has 1 aromatic heterocycles. The quantitative estimate of drug-likeness (QED) is 0.909. The lowest BCUT2D eigenvalue weighted by molar-refractivity contribution is -0.140. The average molecular weight is 330 g/mol. The van der Waals surface area contributed by atoms with E-state index in [4.69, 9.17) is 9.72 Å². The van der Waals surface area contributed by atoms with E-state index in [-0.39, 0.29) is 24.2 Å².